The van der Waals surface area contributed by atoms with E-state index in [0.717, 1.165) is 5.52 Å². The van der Waals surface area contributed by atoms with Crippen molar-refractivity contribution < 1.29 is 33.8 Å². The second-order valence-electron chi connectivity index (χ2n) is 13.6. The lowest BCUT2D eigenvalue weighted by molar-refractivity contribution is -0.164. The number of benzene rings is 2. The van der Waals surface area contributed by atoms with E-state index < -0.39 is 47.7 Å². The molecule has 0 radical (unpaired) electrons. The number of ether oxygens (including phenoxy) is 2. The summed E-state index contributed by atoms with van der Waals surface area (Å²) >= 11 is 0. The van der Waals surface area contributed by atoms with Crippen molar-refractivity contribution in [2.24, 2.45) is 11.8 Å². The third-order valence-corrected chi connectivity index (χ3v) is 10.6. The predicted octanol–water partition coefficient (Wildman–Crippen LogP) is 3.26. The van der Waals surface area contributed by atoms with Crippen molar-refractivity contribution >= 4 is 34.7 Å². The Balaban J connectivity index is 1.30. The van der Waals surface area contributed by atoms with Crippen molar-refractivity contribution in [2.75, 3.05) is 26.7 Å². The van der Waals surface area contributed by atoms with Crippen molar-refractivity contribution in [1.29, 1.82) is 0 Å². The highest BCUT2D eigenvalue weighted by molar-refractivity contribution is 5.98. The summed E-state index contributed by atoms with van der Waals surface area (Å²) in [4.78, 5) is 61.1. The summed E-state index contributed by atoms with van der Waals surface area (Å²) in [6.45, 7) is 9.53. The number of aliphatic hydroxyl groups excluding tert-OH is 1. The number of nitrogens with zero attached hydrogens (tertiary/aromatic N) is 6. The maximum absolute atomic E-state index is 14.7. The Hall–Kier alpha value is -4.88. The first-order valence-corrected chi connectivity index (χ1v) is 17.6. The molecule has 2 bridgehead atoms. The summed E-state index contributed by atoms with van der Waals surface area (Å²) in [5, 5.41) is 18.3. The molecule has 0 saturated carbocycles. The Labute approximate surface area is 297 Å². The fourth-order valence-electron chi connectivity index (χ4n) is 8.04. The molecule has 13 nitrogen and oxygen atoms in total. The molecule has 51 heavy (non-hydrogen) atoms. The predicted molar refractivity (Wildman–Crippen MR) is 187 cm³/mol. The minimum Gasteiger partial charge on any atom is -0.455 e. The van der Waals surface area contributed by atoms with Gasteiger partial charge in [0.05, 0.1) is 29.5 Å². The van der Waals surface area contributed by atoms with Gasteiger partial charge in [0.2, 0.25) is 17.7 Å². The van der Waals surface area contributed by atoms with E-state index in [4.69, 9.17) is 9.47 Å². The van der Waals surface area contributed by atoms with E-state index in [1.807, 2.05) is 61.5 Å². The third kappa shape index (κ3) is 6.56. The number of para-hydroxylation sites is 1. The Morgan fingerprint density at radius 3 is 2.61 bits per heavy atom. The second kappa shape index (κ2) is 15.2. The number of esters is 1. The van der Waals surface area contributed by atoms with Crippen LogP contribution in [0.3, 0.4) is 0 Å². The SMILES string of the molecule is C=CCCC(=O)N(C)[C@H](C)[C@H](OC(=O)[C@@H]1[C@H]2C(=O)N(CCCO)[C@H](C(=O)N(CC=C)Cn3nnc4ccccc43)[C@]23CC[C@H]1O3)c1ccccc1. The number of carbonyl (C=O) groups is 4. The maximum Gasteiger partial charge on any atom is 0.313 e. The summed E-state index contributed by atoms with van der Waals surface area (Å²) in [6.07, 6.45) is 3.73. The molecule has 3 aromatic rings. The standard InChI is InChI=1S/C38H46N6O7/c1-5-7-18-30(46)41(4)25(3)33(26-14-9-8-10-15-26)50-37(49)31-29-19-20-38(51-29)32(31)35(47)43(22-13-23-45)34(38)36(48)42(21-6-2)24-44-28-17-12-11-16-27(28)39-40-44/h5-6,8-12,14-17,25,29,31-34,45H,1-2,7,13,18-24H2,3-4H3/t25-,29-,31+,32+,33+,34-,38+/m1/s1. The van der Waals surface area contributed by atoms with Crippen LogP contribution < -0.4 is 0 Å². The number of aliphatic hydroxyl groups is 1. The van der Waals surface area contributed by atoms with Gasteiger partial charge in [-0.1, -0.05) is 59.8 Å². The van der Waals surface area contributed by atoms with Gasteiger partial charge in [0.15, 0.2) is 0 Å². The highest BCUT2D eigenvalue weighted by atomic mass is 16.6. The Morgan fingerprint density at radius 2 is 1.88 bits per heavy atom. The van der Waals surface area contributed by atoms with Crippen molar-refractivity contribution in [1.82, 2.24) is 29.7 Å². The minimum absolute atomic E-state index is 0.0508. The lowest BCUT2D eigenvalue weighted by Gasteiger charge is -2.36. The van der Waals surface area contributed by atoms with E-state index >= 15 is 0 Å². The number of hydrogen-bond acceptors (Lipinski definition) is 9. The lowest BCUT2D eigenvalue weighted by atomic mass is 9.70. The van der Waals surface area contributed by atoms with Gasteiger partial charge in [-0.05, 0) is 50.3 Å². The first kappa shape index (κ1) is 35.9. The molecule has 1 N–H and O–H groups in total. The van der Waals surface area contributed by atoms with Crippen molar-refractivity contribution in [2.45, 2.75) is 75.6 Å². The van der Waals surface area contributed by atoms with Gasteiger partial charge in [0, 0.05) is 33.2 Å². The largest absolute Gasteiger partial charge is 0.455 e. The molecule has 1 spiro atoms. The van der Waals surface area contributed by atoms with Crippen LogP contribution in [-0.4, -0.2) is 109 Å². The Bertz CT molecular complexity index is 1780. The van der Waals surface area contributed by atoms with Crippen LogP contribution in [-0.2, 0) is 35.3 Å². The van der Waals surface area contributed by atoms with Gasteiger partial charge in [0.1, 0.15) is 29.9 Å². The van der Waals surface area contributed by atoms with Gasteiger partial charge >= 0.3 is 5.97 Å². The van der Waals surface area contributed by atoms with Gasteiger partial charge in [-0.2, -0.15) is 0 Å². The fourth-order valence-corrected chi connectivity index (χ4v) is 8.04. The number of amides is 3. The number of fused-ring (bicyclic) bond motifs is 2. The quantitative estimate of drug-likeness (QED) is 0.176. The summed E-state index contributed by atoms with van der Waals surface area (Å²) in [6, 6.07) is 15.1. The second-order valence-corrected chi connectivity index (χ2v) is 13.6. The molecular formula is C38H46N6O7. The molecule has 2 aromatic carbocycles. The van der Waals surface area contributed by atoms with Crippen molar-refractivity contribution in [3.63, 3.8) is 0 Å². The van der Waals surface area contributed by atoms with Crippen LogP contribution in [0.1, 0.15) is 50.7 Å². The first-order chi connectivity index (χ1) is 24.7. The number of likely N-dealkylation sites (tertiary alicyclic amines) is 1. The van der Waals surface area contributed by atoms with E-state index in [2.05, 4.69) is 23.5 Å². The van der Waals surface area contributed by atoms with Crippen molar-refractivity contribution in [3.05, 3.63) is 85.5 Å². The number of rotatable bonds is 16. The molecule has 3 fully saturated rings. The molecule has 6 rings (SSSR count). The summed E-state index contributed by atoms with van der Waals surface area (Å²) in [5.74, 6) is -3.40. The minimum atomic E-state index is -1.27. The monoisotopic (exact) mass is 698 g/mol. The van der Waals surface area contributed by atoms with Crippen LogP contribution in [0.4, 0.5) is 0 Å². The van der Waals surface area contributed by atoms with E-state index in [0.29, 0.717) is 30.3 Å². The molecule has 7 atom stereocenters. The third-order valence-electron chi connectivity index (χ3n) is 10.6. The lowest BCUT2D eigenvalue weighted by Crippen LogP contribution is -2.56. The summed E-state index contributed by atoms with van der Waals surface area (Å²) in [7, 11) is 1.68. The molecular weight excluding hydrogens is 652 g/mol. The Kier molecular flexibility index (Phi) is 10.7. The van der Waals surface area contributed by atoms with Crippen LogP contribution in [0.2, 0.25) is 0 Å². The number of likely N-dealkylation sites (N-methyl/N-ethyl adjacent to an activating group) is 1. The van der Waals surface area contributed by atoms with Crippen LogP contribution in [0.5, 0.6) is 0 Å². The average Bonchev–Trinajstić information content (AvgIpc) is 3.90. The van der Waals surface area contributed by atoms with E-state index in [1.54, 1.807) is 33.7 Å². The van der Waals surface area contributed by atoms with Gasteiger partial charge in [-0.3, -0.25) is 19.2 Å². The fraction of sp³-hybridized carbons (Fsp3) is 0.474. The molecule has 13 heteroatoms. The Morgan fingerprint density at radius 1 is 1.14 bits per heavy atom. The molecule has 3 saturated heterocycles. The van der Waals surface area contributed by atoms with E-state index in [-0.39, 0.29) is 56.9 Å². The number of allylic oxidation sites excluding steroid dienone is 1. The topological polar surface area (TPSA) is 147 Å². The molecule has 270 valence electrons. The zero-order chi connectivity index (χ0) is 36.3. The number of aromatic nitrogens is 3. The molecule has 0 unspecified atom stereocenters. The molecule has 3 aliphatic heterocycles. The van der Waals surface area contributed by atoms with Crippen LogP contribution in [0.25, 0.3) is 11.0 Å². The summed E-state index contributed by atoms with van der Waals surface area (Å²) in [5.41, 5.74) is 0.854. The van der Waals surface area contributed by atoms with Crippen LogP contribution in [0.15, 0.2) is 79.9 Å². The highest BCUT2D eigenvalue weighted by Crippen LogP contribution is 2.59. The smallest absolute Gasteiger partial charge is 0.313 e. The van der Waals surface area contributed by atoms with Crippen LogP contribution in [0, 0.1) is 11.8 Å². The number of hydrogen-bond donors (Lipinski definition) is 1. The van der Waals surface area contributed by atoms with Gasteiger partial charge in [-0.15, -0.1) is 18.3 Å². The van der Waals surface area contributed by atoms with Gasteiger partial charge in [0.25, 0.3) is 0 Å². The average molecular weight is 699 g/mol. The zero-order valence-corrected chi connectivity index (χ0v) is 29.2. The van der Waals surface area contributed by atoms with Gasteiger partial charge in [-0.25, -0.2) is 4.68 Å². The maximum atomic E-state index is 14.7. The molecule has 4 heterocycles. The van der Waals surface area contributed by atoms with E-state index in [1.165, 1.54) is 4.90 Å². The summed E-state index contributed by atoms with van der Waals surface area (Å²) < 4.78 is 14.6. The van der Waals surface area contributed by atoms with Crippen LogP contribution >= 0.6 is 0 Å². The number of carbonyl (C=O) groups excluding carboxylic acids is 4. The molecule has 3 aliphatic rings. The van der Waals surface area contributed by atoms with E-state index in [9.17, 15) is 24.3 Å². The molecule has 3 amide bonds. The molecule has 1 aromatic heterocycles. The molecule has 0 aliphatic carbocycles. The van der Waals surface area contributed by atoms with Crippen molar-refractivity contribution in [3.8, 4) is 0 Å². The highest BCUT2D eigenvalue weighted by Gasteiger charge is 2.75. The van der Waals surface area contributed by atoms with Gasteiger partial charge < -0.3 is 29.3 Å². The first-order valence-electron chi connectivity index (χ1n) is 17.6. The zero-order valence-electron chi connectivity index (χ0n) is 29.2. The normalized spacial score (nSPS) is 24.6.